The molecule has 0 atom stereocenters. The Labute approximate surface area is 142 Å². The highest BCUT2D eigenvalue weighted by molar-refractivity contribution is 5.98. The van der Waals surface area contributed by atoms with Gasteiger partial charge in [0.05, 0.1) is 0 Å². The minimum atomic E-state index is -0.166. The average molecular weight is 336 g/mol. The maximum atomic E-state index is 12.1. The highest BCUT2D eigenvalue weighted by Gasteiger charge is 2.07. The first-order valence-corrected chi connectivity index (χ1v) is 7.44. The van der Waals surface area contributed by atoms with Crippen LogP contribution in [-0.2, 0) is 4.79 Å². The van der Waals surface area contributed by atoms with Crippen molar-refractivity contribution in [1.82, 2.24) is 10.6 Å². The first-order valence-electron chi connectivity index (χ1n) is 7.44. The van der Waals surface area contributed by atoms with Gasteiger partial charge in [0.1, 0.15) is 0 Å². The van der Waals surface area contributed by atoms with Gasteiger partial charge in [-0.1, -0.05) is 30.3 Å². The van der Waals surface area contributed by atoms with Gasteiger partial charge in [-0.25, -0.2) is 0 Å². The van der Waals surface area contributed by atoms with Crippen LogP contribution in [0.2, 0.25) is 0 Å². The van der Waals surface area contributed by atoms with Gasteiger partial charge in [0.15, 0.2) is 0 Å². The molecule has 0 aliphatic rings. The predicted octanol–water partition coefficient (Wildman–Crippen LogP) is 1.85. The fourth-order valence-corrected chi connectivity index (χ4v) is 2.14. The molecule has 0 radical (unpaired) electrons. The third kappa shape index (κ3) is 5.88. The maximum absolute atomic E-state index is 12.1. The Morgan fingerprint density at radius 2 is 1.70 bits per heavy atom. The zero-order chi connectivity index (χ0) is 15.8. The summed E-state index contributed by atoms with van der Waals surface area (Å²) in [5.41, 5.74) is 5.95. The summed E-state index contributed by atoms with van der Waals surface area (Å²) in [5.74, 6) is -0.243. The van der Waals surface area contributed by atoms with Gasteiger partial charge in [0.2, 0.25) is 5.91 Å². The van der Waals surface area contributed by atoms with E-state index >= 15 is 0 Å². The summed E-state index contributed by atoms with van der Waals surface area (Å²) >= 11 is 0. The number of amides is 2. The Hall–Kier alpha value is -2.11. The fourth-order valence-electron chi connectivity index (χ4n) is 2.14. The average Bonchev–Trinajstić information content (AvgIpc) is 2.54. The van der Waals surface area contributed by atoms with E-state index in [0.29, 0.717) is 25.2 Å². The molecule has 0 saturated heterocycles. The number of hydrogen-bond donors (Lipinski definition) is 3. The molecule has 0 saturated carbocycles. The normalized spacial score (nSPS) is 9.96. The number of nitrogens with two attached hydrogens (primary N) is 1. The van der Waals surface area contributed by atoms with Gasteiger partial charge in [0, 0.05) is 25.1 Å². The van der Waals surface area contributed by atoms with Gasteiger partial charge >= 0.3 is 0 Å². The summed E-state index contributed by atoms with van der Waals surface area (Å²) in [5, 5.41) is 7.63. The summed E-state index contributed by atoms with van der Waals surface area (Å²) in [6.07, 6.45) is 1.03. The van der Waals surface area contributed by atoms with Crippen LogP contribution in [0.1, 0.15) is 23.2 Å². The second-order valence-corrected chi connectivity index (χ2v) is 5.06. The lowest BCUT2D eigenvalue weighted by molar-refractivity contribution is -0.120. The Bertz CT molecular complexity index is 661. The van der Waals surface area contributed by atoms with E-state index in [2.05, 4.69) is 10.6 Å². The van der Waals surface area contributed by atoms with Gasteiger partial charge in [-0.2, -0.15) is 0 Å². The van der Waals surface area contributed by atoms with Crippen LogP contribution in [0.15, 0.2) is 42.5 Å². The molecule has 0 heterocycles. The topological polar surface area (TPSA) is 84.2 Å². The smallest absolute Gasteiger partial charge is 0.251 e. The SMILES string of the molecule is Cl.NCCCNC(=O)CCNC(=O)c1ccc2ccccc2c1. The minimum absolute atomic E-state index is 0. The third-order valence-electron chi connectivity index (χ3n) is 3.35. The molecule has 0 fully saturated rings. The largest absolute Gasteiger partial charge is 0.356 e. The molecule has 0 bridgehead atoms. The van der Waals surface area contributed by atoms with Crippen molar-refractivity contribution in [3.05, 3.63) is 48.0 Å². The van der Waals surface area contributed by atoms with Crippen molar-refractivity contribution in [1.29, 1.82) is 0 Å². The van der Waals surface area contributed by atoms with Crippen LogP contribution < -0.4 is 16.4 Å². The molecule has 124 valence electrons. The number of nitrogens with one attached hydrogen (secondary N) is 2. The van der Waals surface area contributed by atoms with Crippen LogP contribution in [0.25, 0.3) is 10.8 Å². The lowest BCUT2D eigenvalue weighted by Gasteiger charge is -2.07. The number of carbonyl (C=O) groups is 2. The molecule has 5 nitrogen and oxygen atoms in total. The summed E-state index contributed by atoms with van der Waals surface area (Å²) < 4.78 is 0. The molecule has 23 heavy (non-hydrogen) atoms. The van der Waals surface area contributed by atoms with E-state index in [-0.39, 0.29) is 30.6 Å². The van der Waals surface area contributed by atoms with Crippen molar-refractivity contribution in [3.63, 3.8) is 0 Å². The van der Waals surface area contributed by atoms with E-state index in [1.165, 1.54) is 0 Å². The number of fused-ring (bicyclic) bond motifs is 1. The molecule has 0 aliphatic carbocycles. The summed E-state index contributed by atoms with van der Waals surface area (Å²) in [6, 6.07) is 13.4. The summed E-state index contributed by atoms with van der Waals surface area (Å²) in [4.78, 5) is 23.6. The van der Waals surface area contributed by atoms with Gasteiger partial charge in [-0.3, -0.25) is 9.59 Å². The Morgan fingerprint density at radius 1 is 0.957 bits per heavy atom. The molecule has 2 amide bonds. The molecule has 0 aromatic heterocycles. The van der Waals surface area contributed by atoms with E-state index in [9.17, 15) is 9.59 Å². The predicted molar refractivity (Wildman–Crippen MR) is 94.8 cm³/mol. The van der Waals surface area contributed by atoms with Crippen molar-refractivity contribution in [2.75, 3.05) is 19.6 Å². The molecule has 2 rings (SSSR count). The highest BCUT2D eigenvalue weighted by atomic mass is 35.5. The number of hydrogen-bond acceptors (Lipinski definition) is 3. The number of rotatable bonds is 7. The van der Waals surface area contributed by atoms with E-state index in [1.54, 1.807) is 6.07 Å². The molecule has 2 aromatic carbocycles. The van der Waals surface area contributed by atoms with Crippen LogP contribution in [0, 0.1) is 0 Å². The Kier molecular flexibility index (Phi) is 8.08. The van der Waals surface area contributed by atoms with Gasteiger partial charge < -0.3 is 16.4 Å². The van der Waals surface area contributed by atoms with Crippen molar-refractivity contribution in [2.24, 2.45) is 5.73 Å². The zero-order valence-electron chi connectivity index (χ0n) is 12.9. The number of carbonyl (C=O) groups excluding carboxylic acids is 2. The molecule has 0 unspecified atom stereocenters. The second-order valence-electron chi connectivity index (χ2n) is 5.06. The van der Waals surface area contributed by atoms with Crippen LogP contribution in [0.5, 0.6) is 0 Å². The van der Waals surface area contributed by atoms with Crippen LogP contribution >= 0.6 is 12.4 Å². The summed E-state index contributed by atoms with van der Waals surface area (Å²) in [6.45, 7) is 1.45. The molecule has 0 spiro atoms. The molecule has 0 aliphatic heterocycles. The Balaban J connectivity index is 0.00000264. The molecule has 6 heteroatoms. The molecule has 2 aromatic rings. The first kappa shape index (κ1) is 18.9. The lowest BCUT2D eigenvalue weighted by atomic mass is 10.1. The standard InChI is InChI=1S/C17H21N3O2.ClH/c18-9-3-10-19-16(21)8-11-20-17(22)15-7-6-13-4-1-2-5-14(13)12-15;/h1-2,4-7,12H,3,8-11,18H2,(H,19,21)(H,20,22);1H. The van der Waals surface area contributed by atoms with E-state index < -0.39 is 0 Å². The van der Waals surface area contributed by atoms with E-state index in [1.807, 2.05) is 36.4 Å². The monoisotopic (exact) mass is 335 g/mol. The number of benzene rings is 2. The maximum Gasteiger partial charge on any atom is 0.251 e. The zero-order valence-corrected chi connectivity index (χ0v) is 13.7. The summed E-state index contributed by atoms with van der Waals surface area (Å²) in [7, 11) is 0. The minimum Gasteiger partial charge on any atom is -0.356 e. The van der Waals surface area contributed by atoms with Gasteiger partial charge in [0.25, 0.3) is 5.91 Å². The quantitative estimate of drug-likeness (QED) is 0.675. The van der Waals surface area contributed by atoms with Gasteiger partial charge in [-0.05, 0) is 35.9 Å². The van der Waals surface area contributed by atoms with Crippen LogP contribution in [0.4, 0.5) is 0 Å². The van der Waals surface area contributed by atoms with E-state index in [4.69, 9.17) is 5.73 Å². The van der Waals surface area contributed by atoms with Crippen molar-refractivity contribution < 1.29 is 9.59 Å². The molecular formula is C17H22ClN3O2. The number of halogens is 1. The molecular weight excluding hydrogens is 314 g/mol. The van der Waals surface area contributed by atoms with Crippen molar-refractivity contribution in [3.8, 4) is 0 Å². The van der Waals surface area contributed by atoms with Gasteiger partial charge in [-0.15, -0.1) is 12.4 Å². The molecule has 4 N–H and O–H groups in total. The lowest BCUT2D eigenvalue weighted by Crippen LogP contribution is -2.31. The Morgan fingerprint density at radius 3 is 2.43 bits per heavy atom. The van der Waals surface area contributed by atoms with Crippen molar-refractivity contribution >= 4 is 35.0 Å². The van der Waals surface area contributed by atoms with Crippen LogP contribution in [-0.4, -0.2) is 31.4 Å². The fraction of sp³-hybridized carbons (Fsp3) is 0.294. The van der Waals surface area contributed by atoms with Crippen LogP contribution in [0.3, 0.4) is 0 Å². The van der Waals surface area contributed by atoms with E-state index in [0.717, 1.165) is 17.2 Å². The van der Waals surface area contributed by atoms with Crippen molar-refractivity contribution in [2.45, 2.75) is 12.8 Å². The second kappa shape index (κ2) is 9.82. The third-order valence-corrected chi connectivity index (χ3v) is 3.35. The first-order chi connectivity index (χ1) is 10.7. The highest BCUT2D eigenvalue weighted by Crippen LogP contribution is 2.15.